The molecule has 1 heterocycles. The number of alkyl halides is 3. The van der Waals surface area contributed by atoms with Gasteiger partial charge in [-0.2, -0.15) is 13.2 Å². The molecular weight excluding hydrogens is 353 g/mol. The molecule has 9 heteroatoms. The van der Waals surface area contributed by atoms with Gasteiger partial charge in [-0.25, -0.2) is 4.98 Å². The van der Waals surface area contributed by atoms with Crippen molar-refractivity contribution in [3.63, 3.8) is 0 Å². The zero-order chi connectivity index (χ0) is 18.9. The molecule has 0 fully saturated rings. The lowest BCUT2D eigenvalue weighted by Gasteiger charge is -2.06. The van der Waals surface area contributed by atoms with Gasteiger partial charge >= 0.3 is 6.18 Å². The molecule has 2 aromatic carbocycles. The first-order valence-electron chi connectivity index (χ1n) is 7.18. The van der Waals surface area contributed by atoms with Crippen LogP contribution < -0.4 is 0 Å². The molecule has 0 bridgehead atoms. The topological polar surface area (TPSA) is 86.2 Å². The van der Waals surface area contributed by atoms with E-state index in [4.69, 9.17) is 4.42 Å². The fourth-order valence-corrected chi connectivity index (χ4v) is 2.35. The Morgan fingerprint density at radius 1 is 1.08 bits per heavy atom. The normalized spacial score (nSPS) is 11.3. The fraction of sp³-hybridized carbons (Fsp3) is 0.0588. The molecule has 0 atom stereocenters. The van der Waals surface area contributed by atoms with Gasteiger partial charge in [0.25, 0.3) is 5.69 Å². The van der Waals surface area contributed by atoms with Crippen LogP contribution in [0.4, 0.5) is 18.9 Å². The number of benzene rings is 2. The van der Waals surface area contributed by atoms with E-state index in [0.717, 1.165) is 24.3 Å². The number of oxazole rings is 1. The Labute approximate surface area is 144 Å². The largest absolute Gasteiger partial charge is 0.435 e. The third-order valence-electron chi connectivity index (χ3n) is 3.57. The van der Waals surface area contributed by atoms with Crippen molar-refractivity contribution < 1.29 is 27.3 Å². The Bertz CT molecular complexity index is 978. The van der Waals surface area contributed by atoms with Crippen molar-refractivity contribution in [3.8, 4) is 22.8 Å². The van der Waals surface area contributed by atoms with E-state index in [0.29, 0.717) is 6.29 Å². The Morgan fingerprint density at radius 2 is 1.73 bits per heavy atom. The highest BCUT2D eigenvalue weighted by molar-refractivity contribution is 5.86. The molecule has 3 aromatic rings. The third-order valence-corrected chi connectivity index (χ3v) is 3.57. The second-order valence-corrected chi connectivity index (χ2v) is 5.20. The number of carbonyl (C=O) groups excluding carboxylic acids is 1. The molecular formula is C17H9F3N2O4. The minimum absolute atomic E-state index is 0.0465. The molecule has 26 heavy (non-hydrogen) atoms. The summed E-state index contributed by atoms with van der Waals surface area (Å²) in [4.78, 5) is 25.7. The lowest BCUT2D eigenvalue weighted by atomic mass is 10.1. The highest BCUT2D eigenvalue weighted by atomic mass is 19.4. The van der Waals surface area contributed by atoms with Crippen molar-refractivity contribution in [1.29, 1.82) is 0 Å². The van der Waals surface area contributed by atoms with E-state index in [-0.39, 0.29) is 34.2 Å². The van der Waals surface area contributed by atoms with Crippen molar-refractivity contribution >= 4 is 12.0 Å². The van der Waals surface area contributed by atoms with E-state index in [1.807, 2.05) is 0 Å². The van der Waals surface area contributed by atoms with Gasteiger partial charge < -0.3 is 4.42 Å². The molecule has 0 spiro atoms. The number of para-hydroxylation sites is 1. The monoisotopic (exact) mass is 362 g/mol. The summed E-state index contributed by atoms with van der Waals surface area (Å²) in [6.45, 7) is 0. The maximum absolute atomic E-state index is 12.6. The fourth-order valence-electron chi connectivity index (χ4n) is 2.35. The van der Waals surface area contributed by atoms with Gasteiger partial charge in [-0.1, -0.05) is 12.1 Å². The van der Waals surface area contributed by atoms with Crippen molar-refractivity contribution in [2.45, 2.75) is 6.18 Å². The van der Waals surface area contributed by atoms with Crippen LogP contribution in [0, 0.1) is 10.1 Å². The molecule has 0 radical (unpaired) electrons. The second kappa shape index (κ2) is 6.43. The number of carbonyl (C=O) groups is 1. The first kappa shape index (κ1) is 17.3. The van der Waals surface area contributed by atoms with Crippen LogP contribution in [0.2, 0.25) is 0 Å². The molecule has 0 aliphatic heterocycles. The number of hydrogen-bond donors (Lipinski definition) is 0. The minimum Gasteiger partial charge on any atom is -0.435 e. The number of nitrogens with zero attached hydrogens (tertiary/aromatic N) is 2. The quantitative estimate of drug-likeness (QED) is 0.380. The van der Waals surface area contributed by atoms with Gasteiger partial charge in [0.1, 0.15) is 0 Å². The molecule has 0 N–H and O–H groups in total. The summed E-state index contributed by atoms with van der Waals surface area (Å²) in [7, 11) is 0. The Morgan fingerprint density at radius 3 is 2.31 bits per heavy atom. The number of nitro groups is 1. The summed E-state index contributed by atoms with van der Waals surface area (Å²) in [5.74, 6) is -0.240. The van der Waals surface area contributed by atoms with Crippen LogP contribution >= 0.6 is 0 Å². The van der Waals surface area contributed by atoms with Crippen molar-refractivity contribution in [2.75, 3.05) is 0 Å². The lowest BCUT2D eigenvalue weighted by Crippen LogP contribution is -2.03. The smallest absolute Gasteiger partial charge is 0.416 e. The van der Waals surface area contributed by atoms with Gasteiger partial charge in [-0.3, -0.25) is 14.9 Å². The molecule has 132 valence electrons. The predicted octanol–water partition coefficient (Wildman–Crippen LogP) is 4.75. The summed E-state index contributed by atoms with van der Waals surface area (Å²) in [5, 5.41) is 11.2. The standard InChI is InChI=1S/C17H9F3N2O4/c18-17(19,20)11-7-5-10(6-8-11)16-21-13(9-23)15(26-16)12-3-1-2-4-14(12)22(24)25/h1-9H. The van der Waals surface area contributed by atoms with Crippen molar-refractivity contribution in [3.05, 3.63) is 69.9 Å². The van der Waals surface area contributed by atoms with Gasteiger partial charge in [-0.05, 0) is 30.3 Å². The summed E-state index contributed by atoms with van der Waals surface area (Å²) in [6.07, 6.45) is -4.12. The zero-order valence-corrected chi connectivity index (χ0v) is 12.9. The number of halogens is 3. The van der Waals surface area contributed by atoms with Crippen LogP contribution in [-0.2, 0) is 6.18 Å². The summed E-state index contributed by atoms with van der Waals surface area (Å²) in [6, 6.07) is 9.60. The van der Waals surface area contributed by atoms with Crippen LogP contribution in [0.1, 0.15) is 16.1 Å². The van der Waals surface area contributed by atoms with E-state index in [2.05, 4.69) is 4.98 Å². The lowest BCUT2D eigenvalue weighted by molar-refractivity contribution is -0.384. The van der Waals surface area contributed by atoms with Crippen molar-refractivity contribution in [1.82, 2.24) is 4.98 Å². The average Bonchev–Trinajstić information content (AvgIpc) is 3.05. The Balaban J connectivity index is 2.08. The van der Waals surface area contributed by atoms with E-state index >= 15 is 0 Å². The van der Waals surface area contributed by atoms with Crippen LogP contribution in [-0.4, -0.2) is 16.2 Å². The second-order valence-electron chi connectivity index (χ2n) is 5.20. The third kappa shape index (κ3) is 3.18. The van der Waals surface area contributed by atoms with E-state index < -0.39 is 16.7 Å². The molecule has 1 aromatic heterocycles. The zero-order valence-electron chi connectivity index (χ0n) is 12.9. The number of aldehydes is 1. The van der Waals surface area contributed by atoms with Crippen LogP contribution in [0.5, 0.6) is 0 Å². The SMILES string of the molecule is O=Cc1nc(-c2ccc(C(F)(F)F)cc2)oc1-c1ccccc1[N+](=O)[O-]. The summed E-state index contributed by atoms with van der Waals surface area (Å²) >= 11 is 0. The Kier molecular flexibility index (Phi) is 4.29. The summed E-state index contributed by atoms with van der Waals surface area (Å²) < 4.78 is 43.4. The molecule has 0 aliphatic carbocycles. The van der Waals surface area contributed by atoms with Crippen molar-refractivity contribution in [2.24, 2.45) is 0 Å². The first-order valence-corrected chi connectivity index (χ1v) is 7.18. The maximum Gasteiger partial charge on any atom is 0.416 e. The van der Waals surface area contributed by atoms with Crippen LogP contribution in [0.15, 0.2) is 52.9 Å². The van der Waals surface area contributed by atoms with E-state index in [9.17, 15) is 28.1 Å². The van der Waals surface area contributed by atoms with Gasteiger partial charge in [0.05, 0.1) is 16.1 Å². The highest BCUT2D eigenvalue weighted by Gasteiger charge is 2.30. The maximum atomic E-state index is 12.6. The van der Waals surface area contributed by atoms with Crippen LogP contribution in [0.3, 0.4) is 0 Å². The van der Waals surface area contributed by atoms with Gasteiger partial charge in [0.2, 0.25) is 5.89 Å². The number of rotatable bonds is 4. The molecule has 0 unspecified atom stereocenters. The van der Waals surface area contributed by atoms with Gasteiger partial charge in [0.15, 0.2) is 17.7 Å². The van der Waals surface area contributed by atoms with Gasteiger partial charge in [-0.15, -0.1) is 0 Å². The molecule has 6 nitrogen and oxygen atoms in total. The number of hydrogen-bond acceptors (Lipinski definition) is 5. The van der Waals surface area contributed by atoms with E-state index in [1.165, 1.54) is 24.3 Å². The first-order chi connectivity index (χ1) is 12.3. The Hall–Kier alpha value is -3.49. The molecule has 0 amide bonds. The molecule has 3 rings (SSSR count). The minimum atomic E-state index is -4.49. The van der Waals surface area contributed by atoms with E-state index in [1.54, 1.807) is 0 Å². The number of aromatic nitrogens is 1. The predicted molar refractivity (Wildman–Crippen MR) is 84.4 cm³/mol. The molecule has 0 saturated carbocycles. The summed E-state index contributed by atoms with van der Waals surface area (Å²) in [5.41, 5.74) is -1.07. The highest BCUT2D eigenvalue weighted by Crippen LogP contribution is 2.35. The molecule has 0 aliphatic rings. The van der Waals surface area contributed by atoms with Crippen LogP contribution in [0.25, 0.3) is 22.8 Å². The molecule has 0 saturated heterocycles. The number of nitro benzene ring substituents is 1. The van der Waals surface area contributed by atoms with Gasteiger partial charge in [0, 0.05) is 11.6 Å². The average molecular weight is 362 g/mol.